The SMILES string of the molecule is CC(C)c1nc(NCc2ccccn2)cc(C(=O)O)n1. The van der Waals surface area contributed by atoms with E-state index in [-0.39, 0.29) is 11.6 Å². The van der Waals surface area contributed by atoms with Gasteiger partial charge in [-0.15, -0.1) is 0 Å². The van der Waals surface area contributed by atoms with E-state index in [0.29, 0.717) is 18.2 Å². The molecule has 0 radical (unpaired) electrons. The highest BCUT2D eigenvalue weighted by atomic mass is 16.4. The molecule has 6 heteroatoms. The Morgan fingerprint density at radius 2 is 2.15 bits per heavy atom. The third-order valence-electron chi connectivity index (χ3n) is 2.66. The molecule has 0 saturated carbocycles. The van der Waals surface area contributed by atoms with E-state index in [1.165, 1.54) is 6.07 Å². The van der Waals surface area contributed by atoms with Gasteiger partial charge in [0, 0.05) is 18.2 Å². The fourth-order valence-corrected chi connectivity index (χ4v) is 1.61. The number of aromatic carboxylic acids is 1. The van der Waals surface area contributed by atoms with Crippen LogP contribution in [0.15, 0.2) is 30.5 Å². The molecule has 0 aliphatic rings. The Bertz CT molecular complexity index is 599. The number of aromatic nitrogens is 3. The second kappa shape index (κ2) is 6.10. The van der Waals surface area contributed by atoms with E-state index in [4.69, 9.17) is 5.11 Å². The van der Waals surface area contributed by atoms with Crippen molar-refractivity contribution in [2.24, 2.45) is 0 Å². The van der Waals surface area contributed by atoms with Crippen LogP contribution in [0.5, 0.6) is 0 Å². The molecule has 2 aromatic heterocycles. The van der Waals surface area contributed by atoms with Crippen LogP contribution in [-0.2, 0) is 6.54 Å². The lowest BCUT2D eigenvalue weighted by Gasteiger charge is -2.10. The van der Waals surface area contributed by atoms with Crippen molar-refractivity contribution < 1.29 is 9.90 Å². The zero-order valence-electron chi connectivity index (χ0n) is 11.4. The molecule has 0 aliphatic carbocycles. The van der Waals surface area contributed by atoms with Crippen LogP contribution < -0.4 is 5.32 Å². The molecule has 0 unspecified atom stereocenters. The molecule has 0 aromatic carbocycles. The summed E-state index contributed by atoms with van der Waals surface area (Å²) in [5.41, 5.74) is 0.848. The lowest BCUT2D eigenvalue weighted by Crippen LogP contribution is -2.11. The normalized spacial score (nSPS) is 10.6. The van der Waals surface area contributed by atoms with Gasteiger partial charge in [0.15, 0.2) is 5.69 Å². The van der Waals surface area contributed by atoms with Gasteiger partial charge in [-0.2, -0.15) is 0 Å². The Balaban J connectivity index is 2.20. The molecule has 2 aromatic rings. The molecule has 0 spiro atoms. The molecule has 104 valence electrons. The summed E-state index contributed by atoms with van der Waals surface area (Å²) in [6, 6.07) is 7.05. The van der Waals surface area contributed by atoms with Gasteiger partial charge in [0.25, 0.3) is 0 Å². The van der Waals surface area contributed by atoms with Gasteiger partial charge >= 0.3 is 5.97 Å². The van der Waals surface area contributed by atoms with Gasteiger partial charge in [-0.1, -0.05) is 19.9 Å². The molecule has 2 rings (SSSR count). The summed E-state index contributed by atoms with van der Waals surface area (Å²) in [7, 11) is 0. The summed E-state index contributed by atoms with van der Waals surface area (Å²) < 4.78 is 0. The predicted molar refractivity (Wildman–Crippen MR) is 74.6 cm³/mol. The van der Waals surface area contributed by atoms with Crippen LogP contribution in [0.2, 0.25) is 0 Å². The van der Waals surface area contributed by atoms with E-state index in [0.717, 1.165) is 5.69 Å². The third kappa shape index (κ3) is 3.50. The number of rotatable bonds is 5. The van der Waals surface area contributed by atoms with Crippen LogP contribution in [0, 0.1) is 0 Å². The average molecular weight is 272 g/mol. The van der Waals surface area contributed by atoms with Crippen LogP contribution in [0.3, 0.4) is 0 Å². The number of carboxylic acids is 1. The van der Waals surface area contributed by atoms with Gasteiger partial charge in [-0.25, -0.2) is 14.8 Å². The highest BCUT2D eigenvalue weighted by Crippen LogP contribution is 2.14. The first-order valence-electron chi connectivity index (χ1n) is 6.32. The van der Waals surface area contributed by atoms with E-state index in [1.54, 1.807) is 6.20 Å². The van der Waals surface area contributed by atoms with Crippen LogP contribution >= 0.6 is 0 Å². The van der Waals surface area contributed by atoms with Crippen LogP contribution in [-0.4, -0.2) is 26.0 Å². The van der Waals surface area contributed by atoms with Crippen molar-refractivity contribution in [1.29, 1.82) is 0 Å². The molecule has 0 amide bonds. The first-order chi connectivity index (χ1) is 9.56. The molecule has 0 fully saturated rings. The Hall–Kier alpha value is -2.50. The molecule has 20 heavy (non-hydrogen) atoms. The molecule has 0 saturated heterocycles. The van der Waals surface area contributed by atoms with E-state index in [2.05, 4.69) is 20.3 Å². The number of anilines is 1. The third-order valence-corrected chi connectivity index (χ3v) is 2.66. The number of hydrogen-bond donors (Lipinski definition) is 2. The van der Waals surface area contributed by atoms with Crippen molar-refractivity contribution >= 4 is 11.8 Å². The van der Waals surface area contributed by atoms with E-state index in [9.17, 15) is 4.79 Å². The molecule has 0 atom stereocenters. The van der Waals surface area contributed by atoms with Gasteiger partial charge in [0.1, 0.15) is 11.6 Å². The second-order valence-electron chi connectivity index (χ2n) is 4.63. The van der Waals surface area contributed by atoms with Gasteiger partial charge in [-0.05, 0) is 12.1 Å². The Kier molecular flexibility index (Phi) is 4.24. The topological polar surface area (TPSA) is 88.0 Å². The largest absolute Gasteiger partial charge is 0.477 e. The van der Waals surface area contributed by atoms with Crippen molar-refractivity contribution in [3.05, 3.63) is 47.7 Å². The summed E-state index contributed by atoms with van der Waals surface area (Å²) in [5.74, 6) is 0.0000558. The zero-order chi connectivity index (χ0) is 14.5. The molecule has 2 N–H and O–H groups in total. The summed E-state index contributed by atoms with van der Waals surface area (Å²) in [5, 5.41) is 12.1. The van der Waals surface area contributed by atoms with E-state index >= 15 is 0 Å². The molecule has 2 heterocycles. The average Bonchev–Trinajstić information content (AvgIpc) is 2.45. The lowest BCUT2D eigenvalue weighted by atomic mass is 10.2. The first-order valence-corrected chi connectivity index (χ1v) is 6.32. The first kappa shape index (κ1) is 13.9. The van der Waals surface area contributed by atoms with Crippen molar-refractivity contribution in [1.82, 2.24) is 15.0 Å². The van der Waals surface area contributed by atoms with Gasteiger partial charge in [0.05, 0.1) is 12.2 Å². The van der Waals surface area contributed by atoms with Crippen molar-refractivity contribution in [2.75, 3.05) is 5.32 Å². The zero-order valence-corrected chi connectivity index (χ0v) is 11.4. The minimum Gasteiger partial charge on any atom is -0.477 e. The number of nitrogens with zero attached hydrogens (tertiary/aromatic N) is 3. The maximum Gasteiger partial charge on any atom is 0.354 e. The Labute approximate surface area is 116 Å². The summed E-state index contributed by atoms with van der Waals surface area (Å²) >= 11 is 0. The monoisotopic (exact) mass is 272 g/mol. The van der Waals surface area contributed by atoms with Gasteiger partial charge < -0.3 is 10.4 Å². The van der Waals surface area contributed by atoms with Gasteiger partial charge in [0.2, 0.25) is 0 Å². The maximum absolute atomic E-state index is 11.1. The fourth-order valence-electron chi connectivity index (χ4n) is 1.61. The molecular weight excluding hydrogens is 256 g/mol. The second-order valence-corrected chi connectivity index (χ2v) is 4.63. The molecule has 0 aliphatic heterocycles. The number of carboxylic acid groups (broad SMARTS) is 1. The van der Waals surface area contributed by atoms with Crippen molar-refractivity contribution in [3.8, 4) is 0 Å². The highest BCUT2D eigenvalue weighted by Gasteiger charge is 2.12. The van der Waals surface area contributed by atoms with E-state index < -0.39 is 5.97 Å². The van der Waals surface area contributed by atoms with Crippen LogP contribution in [0.1, 0.15) is 41.8 Å². The lowest BCUT2D eigenvalue weighted by molar-refractivity contribution is 0.0690. The van der Waals surface area contributed by atoms with E-state index in [1.807, 2.05) is 32.0 Å². The van der Waals surface area contributed by atoms with Gasteiger partial charge in [-0.3, -0.25) is 4.98 Å². The minimum absolute atomic E-state index is 0.00720. The molecule has 0 bridgehead atoms. The number of nitrogens with one attached hydrogen (secondary N) is 1. The fraction of sp³-hybridized carbons (Fsp3) is 0.286. The molecule has 6 nitrogen and oxygen atoms in total. The summed E-state index contributed by atoms with van der Waals surface area (Å²) in [6.07, 6.45) is 1.71. The van der Waals surface area contributed by atoms with Crippen LogP contribution in [0.25, 0.3) is 0 Å². The number of pyridine rings is 1. The highest BCUT2D eigenvalue weighted by molar-refractivity contribution is 5.86. The van der Waals surface area contributed by atoms with Crippen molar-refractivity contribution in [2.45, 2.75) is 26.3 Å². The number of hydrogen-bond acceptors (Lipinski definition) is 5. The Morgan fingerprint density at radius 3 is 2.75 bits per heavy atom. The summed E-state index contributed by atoms with van der Waals surface area (Å²) in [6.45, 7) is 4.32. The standard InChI is InChI=1S/C14H16N4O2/c1-9(2)13-17-11(14(19)20)7-12(18-13)16-8-10-5-3-4-6-15-10/h3-7,9H,8H2,1-2H3,(H,19,20)(H,16,17,18). The minimum atomic E-state index is -1.06. The smallest absolute Gasteiger partial charge is 0.354 e. The van der Waals surface area contributed by atoms with Crippen molar-refractivity contribution in [3.63, 3.8) is 0 Å². The predicted octanol–water partition coefficient (Wildman–Crippen LogP) is 2.31. The molecular formula is C14H16N4O2. The quantitative estimate of drug-likeness (QED) is 0.868. The Morgan fingerprint density at radius 1 is 1.35 bits per heavy atom. The van der Waals surface area contributed by atoms with Crippen LogP contribution in [0.4, 0.5) is 5.82 Å². The maximum atomic E-state index is 11.1. The number of carbonyl (C=O) groups is 1. The summed E-state index contributed by atoms with van der Waals surface area (Å²) in [4.78, 5) is 23.6.